The van der Waals surface area contributed by atoms with Gasteiger partial charge in [-0.1, -0.05) is 19.1 Å². The van der Waals surface area contributed by atoms with Gasteiger partial charge in [0, 0.05) is 17.3 Å². The van der Waals surface area contributed by atoms with E-state index in [4.69, 9.17) is 11.5 Å². The molecule has 0 aliphatic heterocycles. The van der Waals surface area contributed by atoms with Crippen LogP contribution in [-0.4, -0.2) is 0 Å². The van der Waals surface area contributed by atoms with Gasteiger partial charge in [-0.2, -0.15) is 0 Å². The van der Waals surface area contributed by atoms with Gasteiger partial charge in [-0.25, -0.2) is 0 Å². The zero-order chi connectivity index (χ0) is 13.3. The molecule has 0 aliphatic rings. The zero-order valence-corrected chi connectivity index (χ0v) is 11.2. The largest absolute Gasteiger partial charge is 0.399 e. The SMILES string of the molecule is Cc1cc(N)ccc1C(C)c1ccc(N)cc1C. The molecule has 2 aromatic rings. The van der Waals surface area contributed by atoms with E-state index in [2.05, 4.69) is 32.9 Å². The fourth-order valence-corrected chi connectivity index (χ4v) is 2.54. The van der Waals surface area contributed by atoms with Gasteiger partial charge < -0.3 is 11.5 Å². The Labute approximate surface area is 109 Å². The van der Waals surface area contributed by atoms with Crippen LogP contribution >= 0.6 is 0 Å². The molecule has 0 saturated carbocycles. The van der Waals surface area contributed by atoms with Crippen LogP contribution < -0.4 is 11.5 Å². The Bertz CT molecular complexity index is 522. The first-order chi connectivity index (χ1) is 8.49. The van der Waals surface area contributed by atoms with Crippen molar-refractivity contribution >= 4 is 11.4 Å². The van der Waals surface area contributed by atoms with Crippen LogP contribution in [0.1, 0.15) is 35.1 Å². The van der Waals surface area contributed by atoms with Crippen LogP contribution in [0.4, 0.5) is 11.4 Å². The van der Waals surface area contributed by atoms with Crippen LogP contribution in [0.25, 0.3) is 0 Å². The van der Waals surface area contributed by atoms with Crippen LogP contribution in [-0.2, 0) is 0 Å². The van der Waals surface area contributed by atoms with Crippen LogP contribution in [0, 0.1) is 13.8 Å². The molecule has 0 aromatic heterocycles. The highest BCUT2D eigenvalue weighted by atomic mass is 14.5. The first-order valence-corrected chi connectivity index (χ1v) is 6.21. The Kier molecular flexibility index (Phi) is 3.28. The Balaban J connectivity index is 2.44. The number of rotatable bonds is 2. The number of anilines is 2. The Hall–Kier alpha value is -1.96. The summed E-state index contributed by atoms with van der Waals surface area (Å²) < 4.78 is 0. The molecule has 0 amide bonds. The highest BCUT2D eigenvalue weighted by Gasteiger charge is 2.13. The molecule has 18 heavy (non-hydrogen) atoms. The minimum Gasteiger partial charge on any atom is -0.399 e. The van der Waals surface area contributed by atoms with E-state index in [9.17, 15) is 0 Å². The maximum absolute atomic E-state index is 5.80. The van der Waals surface area contributed by atoms with Crippen molar-refractivity contribution in [3.63, 3.8) is 0 Å². The van der Waals surface area contributed by atoms with Gasteiger partial charge in [0.15, 0.2) is 0 Å². The molecule has 4 N–H and O–H groups in total. The topological polar surface area (TPSA) is 52.0 Å². The molecule has 0 spiro atoms. The normalized spacial score (nSPS) is 10.9. The lowest BCUT2D eigenvalue weighted by Crippen LogP contribution is -2.02. The second-order valence-electron chi connectivity index (χ2n) is 4.95. The van der Waals surface area contributed by atoms with Gasteiger partial charge in [-0.05, 0) is 60.4 Å². The Morgan fingerprint density at radius 2 is 1.17 bits per heavy atom. The minimum atomic E-state index is 0.353. The van der Waals surface area contributed by atoms with E-state index in [-0.39, 0.29) is 0 Å². The Morgan fingerprint density at radius 1 is 0.778 bits per heavy atom. The standard InChI is InChI=1S/C16H20N2/c1-10-8-13(17)4-6-15(10)12(3)16-7-5-14(18)9-11(16)2/h4-9,12H,17-18H2,1-3H3. The second kappa shape index (κ2) is 4.73. The van der Waals surface area contributed by atoms with Crippen molar-refractivity contribution in [2.45, 2.75) is 26.7 Å². The summed E-state index contributed by atoms with van der Waals surface area (Å²) >= 11 is 0. The molecular formula is C16H20N2. The zero-order valence-electron chi connectivity index (χ0n) is 11.2. The predicted octanol–water partition coefficient (Wildman–Crippen LogP) is 3.62. The maximum atomic E-state index is 5.80. The van der Waals surface area contributed by atoms with Crippen LogP contribution in [0.5, 0.6) is 0 Å². The highest BCUT2D eigenvalue weighted by Crippen LogP contribution is 2.30. The van der Waals surface area contributed by atoms with Gasteiger partial charge in [-0.3, -0.25) is 0 Å². The van der Waals surface area contributed by atoms with Gasteiger partial charge in [0.05, 0.1) is 0 Å². The van der Waals surface area contributed by atoms with Crippen molar-refractivity contribution in [3.05, 3.63) is 58.7 Å². The number of benzene rings is 2. The fraction of sp³-hybridized carbons (Fsp3) is 0.250. The number of aryl methyl sites for hydroxylation is 2. The van der Waals surface area contributed by atoms with Crippen molar-refractivity contribution < 1.29 is 0 Å². The molecule has 0 radical (unpaired) electrons. The summed E-state index contributed by atoms with van der Waals surface area (Å²) in [6.07, 6.45) is 0. The van der Waals surface area contributed by atoms with E-state index in [1.54, 1.807) is 0 Å². The van der Waals surface area contributed by atoms with Crippen molar-refractivity contribution in [3.8, 4) is 0 Å². The van der Waals surface area contributed by atoms with Crippen LogP contribution in [0.15, 0.2) is 36.4 Å². The monoisotopic (exact) mass is 240 g/mol. The van der Waals surface area contributed by atoms with Gasteiger partial charge in [-0.15, -0.1) is 0 Å². The number of nitrogen functional groups attached to an aromatic ring is 2. The van der Waals surface area contributed by atoms with E-state index >= 15 is 0 Å². The number of nitrogens with two attached hydrogens (primary N) is 2. The van der Waals surface area contributed by atoms with E-state index in [1.807, 2.05) is 24.3 Å². The minimum absolute atomic E-state index is 0.353. The summed E-state index contributed by atoms with van der Waals surface area (Å²) in [5, 5.41) is 0. The van der Waals surface area contributed by atoms with Crippen molar-refractivity contribution in [2.75, 3.05) is 11.5 Å². The lowest BCUT2D eigenvalue weighted by atomic mass is 9.87. The third-order valence-electron chi connectivity index (χ3n) is 3.52. The van der Waals surface area contributed by atoms with Crippen molar-refractivity contribution in [1.29, 1.82) is 0 Å². The average molecular weight is 240 g/mol. The van der Waals surface area contributed by atoms with E-state index < -0.39 is 0 Å². The van der Waals surface area contributed by atoms with Gasteiger partial charge in [0.2, 0.25) is 0 Å². The van der Waals surface area contributed by atoms with Gasteiger partial charge in [0.1, 0.15) is 0 Å². The number of hydrogen-bond acceptors (Lipinski definition) is 2. The predicted molar refractivity (Wildman–Crippen MR) is 78.7 cm³/mol. The van der Waals surface area contributed by atoms with Crippen LogP contribution in [0.3, 0.4) is 0 Å². The van der Waals surface area contributed by atoms with Crippen molar-refractivity contribution in [1.82, 2.24) is 0 Å². The molecule has 0 heterocycles. The molecule has 0 aliphatic carbocycles. The lowest BCUT2D eigenvalue weighted by molar-refractivity contribution is 0.900. The summed E-state index contributed by atoms with van der Waals surface area (Å²) in [6, 6.07) is 12.2. The molecule has 0 saturated heterocycles. The molecular weight excluding hydrogens is 220 g/mol. The van der Waals surface area contributed by atoms with Crippen molar-refractivity contribution in [2.24, 2.45) is 0 Å². The summed E-state index contributed by atoms with van der Waals surface area (Å²) in [6.45, 7) is 6.43. The first-order valence-electron chi connectivity index (χ1n) is 6.21. The van der Waals surface area contributed by atoms with E-state index in [0.717, 1.165) is 11.4 Å². The molecule has 2 rings (SSSR count). The smallest absolute Gasteiger partial charge is 0.0316 e. The summed E-state index contributed by atoms with van der Waals surface area (Å²) in [7, 11) is 0. The molecule has 2 heteroatoms. The maximum Gasteiger partial charge on any atom is 0.0316 e. The summed E-state index contributed by atoms with van der Waals surface area (Å²) in [5.41, 5.74) is 18.3. The summed E-state index contributed by atoms with van der Waals surface area (Å²) in [5.74, 6) is 0.353. The molecule has 0 fully saturated rings. The molecule has 94 valence electrons. The molecule has 0 atom stereocenters. The van der Waals surface area contributed by atoms with Crippen LogP contribution in [0.2, 0.25) is 0 Å². The highest BCUT2D eigenvalue weighted by molar-refractivity contribution is 5.51. The average Bonchev–Trinajstić information content (AvgIpc) is 2.28. The number of hydrogen-bond donors (Lipinski definition) is 2. The third-order valence-corrected chi connectivity index (χ3v) is 3.52. The fourth-order valence-electron chi connectivity index (χ4n) is 2.54. The van der Waals surface area contributed by atoms with E-state index in [0.29, 0.717) is 5.92 Å². The quantitative estimate of drug-likeness (QED) is 0.788. The second-order valence-corrected chi connectivity index (χ2v) is 4.95. The molecule has 2 aromatic carbocycles. The van der Waals surface area contributed by atoms with Gasteiger partial charge in [0.25, 0.3) is 0 Å². The lowest BCUT2D eigenvalue weighted by Gasteiger charge is -2.18. The molecule has 0 unspecified atom stereocenters. The van der Waals surface area contributed by atoms with E-state index in [1.165, 1.54) is 22.3 Å². The summed E-state index contributed by atoms with van der Waals surface area (Å²) in [4.78, 5) is 0. The van der Waals surface area contributed by atoms with Gasteiger partial charge >= 0.3 is 0 Å². The third kappa shape index (κ3) is 2.33. The molecule has 2 nitrogen and oxygen atoms in total. The first kappa shape index (κ1) is 12.5. The Morgan fingerprint density at radius 3 is 1.50 bits per heavy atom. The molecule has 0 bridgehead atoms.